The Labute approximate surface area is 81.4 Å². The van der Waals surface area contributed by atoms with Crippen LogP contribution in [0.15, 0.2) is 11.6 Å². The number of carbonyl (C=O) groups is 1. The van der Waals surface area contributed by atoms with Crippen molar-refractivity contribution in [3.8, 4) is 0 Å². The second-order valence-electron chi connectivity index (χ2n) is 2.48. The van der Waals surface area contributed by atoms with Crippen LogP contribution in [0.5, 0.6) is 0 Å². The minimum absolute atomic E-state index is 0.0269. The van der Waals surface area contributed by atoms with E-state index in [1.165, 1.54) is 0 Å². The highest BCUT2D eigenvalue weighted by Gasteiger charge is 1.99. The van der Waals surface area contributed by atoms with E-state index < -0.39 is 0 Å². The Bertz CT molecular complexity index is 248. The monoisotopic (exact) mass is 199 g/mol. The number of likely N-dealkylation sites (N-methyl/N-ethyl adjacent to an activating group) is 1. The SMILES string of the molecule is CCNC(=O)CNCc1nccs1. The Morgan fingerprint density at radius 3 is 3.15 bits per heavy atom. The van der Waals surface area contributed by atoms with Crippen LogP contribution in [0.2, 0.25) is 0 Å². The summed E-state index contributed by atoms with van der Waals surface area (Å²) in [6.07, 6.45) is 1.76. The molecule has 13 heavy (non-hydrogen) atoms. The summed E-state index contributed by atoms with van der Waals surface area (Å²) in [5.74, 6) is 0.0269. The average molecular weight is 199 g/mol. The average Bonchev–Trinajstić information content (AvgIpc) is 2.57. The van der Waals surface area contributed by atoms with Crippen molar-refractivity contribution in [2.75, 3.05) is 13.1 Å². The summed E-state index contributed by atoms with van der Waals surface area (Å²) >= 11 is 1.58. The van der Waals surface area contributed by atoms with Gasteiger partial charge in [-0.3, -0.25) is 4.79 Å². The van der Waals surface area contributed by atoms with Crippen molar-refractivity contribution in [1.82, 2.24) is 15.6 Å². The molecule has 0 spiro atoms. The summed E-state index contributed by atoms with van der Waals surface area (Å²) in [4.78, 5) is 15.1. The Balaban J connectivity index is 2.11. The van der Waals surface area contributed by atoms with Crippen molar-refractivity contribution in [3.05, 3.63) is 16.6 Å². The van der Waals surface area contributed by atoms with Gasteiger partial charge in [-0.1, -0.05) is 0 Å². The van der Waals surface area contributed by atoms with E-state index in [0.717, 1.165) is 5.01 Å². The number of aromatic nitrogens is 1. The standard InChI is InChI=1S/C8H13N3OS/c1-2-10-7(12)5-9-6-8-11-3-4-13-8/h3-4,9H,2,5-6H2,1H3,(H,10,12). The highest BCUT2D eigenvalue weighted by atomic mass is 32.1. The normalized spacial score (nSPS) is 9.92. The molecule has 0 radical (unpaired) electrons. The van der Waals surface area contributed by atoms with Crippen molar-refractivity contribution < 1.29 is 4.79 Å². The minimum atomic E-state index is 0.0269. The van der Waals surface area contributed by atoms with Crippen LogP contribution in [0.1, 0.15) is 11.9 Å². The van der Waals surface area contributed by atoms with Gasteiger partial charge in [0.05, 0.1) is 6.54 Å². The predicted octanol–water partition coefficient (Wildman–Crippen LogP) is 0.369. The number of amides is 1. The fourth-order valence-electron chi connectivity index (χ4n) is 0.883. The molecule has 0 atom stereocenters. The van der Waals surface area contributed by atoms with Gasteiger partial charge in [0, 0.05) is 24.7 Å². The molecule has 1 aromatic rings. The summed E-state index contributed by atoms with van der Waals surface area (Å²) in [5.41, 5.74) is 0. The second kappa shape index (κ2) is 5.66. The predicted molar refractivity (Wildman–Crippen MR) is 52.5 cm³/mol. The number of nitrogens with one attached hydrogen (secondary N) is 2. The molecule has 5 heteroatoms. The van der Waals surface area contributed by atoms with Crippen LogP contribution in [-0.4, -0.2) is 24.0 Å². The van der Waals surface area contributed by atoms with Gasteiger partial charge in [0.2, 0.25) is 5.91 Å². The van der Waals surface area contributed by atoms with E-state index >= 15 is 0 Å². The van der Waals surface area contributed by atoms with Crippen LogP contribution in [0.3, 0.4) is 0 Å². The zero-order chi connectivity index (χ0) is 9.52. The van der Waals surface area contributed by atoms with Crippen LogP contribution < -0.4 is 10.6 Å². The number of nitrogens with zero attached hydrogens (tertiary/aromatic N) is 1. The summed E-state index contributed by atoms with van der Waals surface area (Å²) < 4.78 is 0. The molecule has 0 aliphatic rings. The van der Waals surface area contributed by atoms with Crippen molar-refractivity contribution in [2.24, 2.45) is 0 Å². The van der Waals surface area contributed by atoms with Crippen molar-refractivity contribution in [1.29, 1.82) is 0 Å². The maximum atomic E-state index is 11.0. The van der Waals surface area contributed by atoms with E-state index in [1.54, 1.807) is 17.5 Å². The van der Waals surface area contributed by atoms with Crippen molar-refractivity contribution in [3.63, 3.8) is 0 Å². The zero-order valence-electron chi connectivity index (χ0n) is 7.54. The number of thiazole rings is 1. The summed E-state index contributed by atoms with van der Waals surface area (Å²) in [5, 5.41) is 8.64. The Hall–Kier alpha value is -0.940. The third-order valence-electron chi connectivity index (χ3n) is 1.42. The van der Waals surface area contributed by atoms with E-state index in [0.29, 0.717) is 19.6 Å². The fraction of sp³-hybridized carbons (Fsp3) is 0.500. The molecule has 0 aliphatic heterocycles. The first-order valence-corrected chi connectivity index (χ1v) is 5.06. The van der Waals surface area contributed by atoms with E-state index in [-0.39, 0.29) is 5.91 Å². The molecule has 0 saturated carbocycles. The minimum Gasteiger partial charge on any atom is -0.355 e. The molecule has 0 fully saturated rings. The Morgan fingerprint density at radius 2 is 2.54 bits per heavy atom. The third kappa shape index (κ3) is 4.00. The number of hydrogen-bond donors (Lipinski definition) is 2. The van der Waals surface area contributed by atoms with Crippen molar-refractivity contribution in [2.45, 2.75) is 13.5 Å². The lowest BCUT2D eigenvalue weighted by molar-refractivity contribution is -0.120. The molecule has 1 amide bonds. The molecule has 0 unspecified atom stereocenters. The molecule has 0 bridgehead atoms. The van der Waals surface area contributed by atoms with Crippen LogP contribution >= 0.6 is 11.3 Å². The summed E-state index contributed by atoms with van der Waals surface area (Å²) in [7, 11) is 0. The van der Waals surface area contributed by atoms with Gasteiger partial charge in [-0.05, 0) is 6.92 Å². The molecule has 2 N–H and O–H groups in total. The number of carbonyl (C=O) groups excluding carboxylic acids is 1. The number of hydrogen-bond acceptors (Lipinski definition) is 4. The third-order valence-corrected chi connectivity index (χ3v) is 2.20. The first-order valence-electron chi connectivity index (χ1n) is 4.18. The molecule has 72 valence electrons. The molecule has 1 aromatic heterocycles. The van der Waals surface area contributed by atoms with Crippen molar-refractivity contribution >= 4 is 17.2 Å². The van der Waals surface area contributed by atoms with Gasteiger partial charge in [-0.25, -0.2) is 4.98 Å². The van der Waals surface area contributed by atoms with E-state index in [4.69, 9.17) is 0 Å². The zero-order valence-corrected chi connectivity index (χ0v) is 8.36. The smallest absolute Gasteiger partial charge is 0.233 e. The van der Waals surface area contributed by atoms with E-state index in [9.17, 15) is 4.79 Å². The van der Waals surface area contributed by atoms with Crippen LogP contribution in [0.4, 0.5) is 0 Å². The largest absolute Gasteiger partial charge is 0.355 e. The Kier molecular flexibility index (Phi) is 4.42. The van der Waals surface area contributed by atoms with Gasteiger partial charge < -0.3 is 10.6 Å². The number of rotatable bonds is 5. The molecule has 1 heterocycles. The van der Waals surface area contributed by atoms with Gasteiger partial charge in [-0.2, -0.15) is 0 Å². The lowest BCUT2D eigenvalue weighted by atomic mass is 10.5. The van der Waals surface area contributed by atoms with Crippen LogP contribution in [0.25, 0.3) is 0 Å². The van der Waals surface area contributed by atoms with E-state index in [2.05, 4.69) is 15.6 Å². The highest BCUT2D eigenvalue weighted by Crippen LogP contribution is 2.01. The Morgan fingerprint density at radius 1 is 1.69 bits per heavy atom. The topological polar surface area (TPSA) is 54.0 Å². The summed E-state index contributed by atoms with van der Waals surface area (Å²) in [6, 6.07) is 0. The first kappa shape index (κ1) is 10.1. The van der Waals surface area contributed by atoms with Gasteiger partial charge in [0.25, 0.3) is 0 Å². The molecular formula is C8H13N3OS. The van der Waals surface area contributed by atoms with Crippen LogP contribution in [0, 0.1) is 0 Å². The lowest BCUT2D eigenvalue weighted by Crippen LogP contribution is -2.33. The second-order valence-corrected chi connectivity index (χ2v) is 3.46. The molecule has 0 aliphatic carbocycles. The molecule has 0 saturated heterocycles. The lowest BCUT2D eigenvalue weighted by Gasteiger charge is -2.02. The summed E-state index contributed by atoms with van der Waals surface area (Å²) in [6.45, 7) is 3.60. The van der Waals surface area contributed by atoms with E-state index in [1.807, 2.05) is 12.3 Å². The molecular weight excluding hydrogens is 186 g/mol. The van der Waals surface area contributed by atoms with Gasteiger partial charge in [0.1, 0.15) is 5.01 Å². The quantitative estimate of drug-likeness (QED) is 0.720. The maximum absolute atomic E-state index is 11.0. The first-order chi connectivity index (χ1) is 6.33. The van der Waals surface area contributed by atoms with Gasteiger partial charge in [0.15, 0.2) is 0 Å². The van der Waals surface area contributed by atoms with Gasteiger partial charge in [-0.15, -0.1) is 11.3 Å². The fourth-order valence-corrected chi connectivity index (χ4v) is 1.47. The molecule has 1 rings (SSSR count). The molecule has 0 aromatic carbocycles. The van der Waals surface area contributed by atoms with Gasteiger partial charge >= 0.3 is 0 Å². The maximum Gasteiger partial charge on any atom is 0.233 e. The highest BCUT2D eigenvalue weighted by molar-refractivity contribution is 7.09. The molecule has 4 nitrogen and oxygen atoms in total. The van der Waals surface area contributed by atoms with Crippen LogP contribution in [-0.2, 0) is 11.3 Å².